The molecule has 110 valence electrons. The SMILES string of the molecule is O=C(NCCc1cccnc1)c1c[nH]c2ccccc2c1=O. The van der Waals surface area contributed by atoms with E-state index in [4.69, 9.17) is 0 Å². The number of fused-ring (bicyclic) bond motifs is 1. The Labute approximate surface area is 127 Å². The van der Waals surface area contributed by atoms with E-state index in [0.29, 0.717) is 18.4 Å². The quantitative estimate of drug-likeness (QED) is 0.771. The summed E-state index contributed by atoms with van der Waals surface area (Å²) in [6.45, 7) is 0.455. The fraction of sp³-hybridized carbons (Fsp3) is 0.118. The first-order valence-corrected chi connectivity index (χ1v) is 7.03. The number of carbonyl (C=O) groups excluding carboxylic acids is 1. The zero-order valence-electron chi connectivity index (χ0n) is 11.9. The van der Waals surface area contributed by atoms with Crippen LogP contribution in [0.3, 0.4) is 0 Å². The van der Waals surface area contributed by atoms with Crippen LogP contribution in [0.2, 0.25) is 0 Å². The highest BCUT2D eigenvalue weighted by Gasteiger charge is 2.12. The topological polar surface area (TPSA) is 74.8 Å². The van der Waals surface area contributed by atoms with Crippen LogP contribution in [0.1, 0.15) is 15.9 Å². The predicted octanol–water partition coefficient (Wildman–Crippen LogP) is 1.90. The van der Waals surface area contributed by atoms with Gasteiger partial charge in [-0.05, 0) is 30.2 Å². The molecule has 5 heteroatoms. The Morgan fingerprint density at radius 3 is 2.86 bits per heavy atom. The number of carbonyl (C=O) groups is 1. The second-order valence-corrected chi connectivity index (χ2v) is 4.94. The number of nitrogens with zero attached hydrogens (tertiary/aromatic N) is 1. The summed E-state index contributed by atoms with van der Waals surface area (Å²) in [6.07, 6.45) is 5.60. The number of amides is 1. The largest absolute Gasteiger partial charge is 0.360 e. The average molecular weight is 293 g/mol. The molecule has 0 saturated carbocycles. The lowest BCUT2D eigenvalue weighted by Crippen LogP contribution is -2.30. The molecule has 5 nitrogen and oxygen atoms in total. The molecule has 0 fully saturated rings. The molecule has 2 heterocycles. The molecule has 2 N–H and O–H groups in total. The molecule has 0 aliphatic rings. The van der Waals surface area contributed by atoms with Crippen molar-refractivity contribution >= 4 is 16.8 Å². The standard InChI is InChI=1S/C17H15N3O2/c21-16-13-5-1-2-6-15(13)20-11-14(16)17(22)19-9-7-12-4-3-8-18-10-12/h1-6,8,10-11H,7,9H2,(H,19,22)(H,20,21). The average Bonchev–Trinajstić information content (AvgIpc) is 2.56. The van der Waals surface area contributed by atoms with E-state index >= 15 is 0 Å². The molecule has 0 aliphatic heterocycles. The van der Waals surface area contributed by atoms with Crippen molar-refractivity contribution in [2.45, 2.75) is 6.42 Å². The van der Waals surface area contributed by atoms with Gasteiger partial charge in [0.05, 0.1) is 0 Å². The maximum Gasteiger partial charge on any atom is 0.256 e. The van der Waals surface area contributed by atoms with E-state index in [1.165, 1.54) is 6.20 Å². The summed E-state index contributed by atoms with van der Waals surface area (Å²) < 4.78 is 0. The molecule has 0 unspecified atom stereocenters. The Bertz CT molecular complexity index is 856. The molecule has 3 aromatic rings. The van der Waals surface area contributed by atoms with Crippen LogP contribution in [-0.2, 0) is 6.42 Å². The van der Waals surface area contributed by atoms with Gasteiger partial charge in [0.25, 0.3) is 5.91 Å². The van der Waals surface area contributed by atoms with Crippen molar-refractivity contribution in [2.24, 2.45) is 0 Å². The van der Waals surface area contributed by atoms with E-state index < -0.39 is 0 Å². The predicted molar refractivity (Wildman–Crippen MR) is 84.8 cm³/mol. The van der Waals surface area contributed by atoms with Gasteiger partial charge in [-0.3, -0.25) is 14.6 Å². The molecule has 0 atom stereocenters. The third kappa shape index (κ3) is 2.88. The summed E-state index contributed by atoms with van der Waals surface area (Å²) in [5.41, 5.74) is 1.63. The Morgan fingerprint density at radius 2 is 2.05 bits per heavy atom. The van der Waals surface area contributed by atoms with Crippen LogP contribution in [0.25, 0.3) is 10.9 Å². The van der Waals surface area contributed by atoms with Crippen LogP contribution in [-0.4, -0.2) is 22.4 Å². The lowest BCUT2D eigenvalue weighted by atomic mass is 10.1. The first kappa shape index (κ1) is 14.0. The normalized spacial score (nSPS) is 10.5. The minimum absolute atomic E-state index is 0.130. The van der Waals surface area contributed by atoms with Crippen molar-refractivity contribution in [1.82, 2.24) is 15.3 Å². The second kappa shape index (κ2) is 6.22. The van der Waals surface area contributed by atoms with Crippen LogP contribution in [0.4, 0.5) is 0 Å². The first-order chi connectivity index (χ1) is 10.8. The van der Waals surface area contributed by atoms with Gasteiger partial charge in [0.1, 0.15) is 5.56 Å². The number of aromatic nitrogens is 2. The van der Waals surface area contributed by atoms with E-state index in [-0.39, 0.29) is 16.9 Å². The highest BCUT2D eigenvalue weighted by atomic mass is 16.2. The van der Waals surface area contributed by atoms with E-state index in [9.17, 15) is 9.59 Å². The molecule has 0 radical (unpaired) electrons. The zero-order chi connectivity index (χ0) is 15.4. The summed E-state index contributed by atoms with van der Waals surface area (Å²) in [6, 6.07) is 10.9. The monoisotopic (exact) mass is 293 g/mol. The van der Waals surface area contributed by atoms with E-state index in [1.807, 2.05) is 18.2 Å². The number of aromatic amines is 1. The molecule has 0 saturated heterocycles. The van der Waals surface area contributed by atoms with Crippen LogP contribution < -0.4 is 10.7 Å². The van der Waals surface area contributed by atoms with Crippen LogP contribution in [0.15, 0.2) is 59.8 Å². The molecule has 0 aliphatic carbocycles. The highest BCUT2D eigenvalue weighted by molar-refractivity contribution is 5.97. The lowest BCUT2D eigenvalue weighted by Gasteiger charge is -2.06. The van der Waals surface area contributed by atoms with Gasteiger partial charge in [-0.15, -0.1) is 0 Å². The molecule has 2 aromatic heterocycles. The number of benzene rings is 1. The Morgan fingerprint density at radius 1 is 1.18 bits per heavy atom. The molecule has 1 aromatic carbocycles. The minimum Gasteiger partial charge on any atom is -0.360 e. The summed E-state index contributed by atoms with van der Waals surface area (Å²) in [4.78, 5) is 31.5. The van der Waals surface area contributed by atoms with Crippen molar-refractivity contribution in [3.63, 3.8) is 0 Å². The summed E-state index contributed by atoms with van der Waals surface area (Å²) >= 11 is 0. The van der Waals surface area contributed by atoms with Gasteiger partial charge in [-0.2, -0.15) is 0 Å². The molecular weight excluding hydrogens is 278 g/mol. The molecular formula is C17H15N3O2. The molecule has 0 spiro atoms. The van der Waals surface area contributed by atoms with Crippen molar-refractivity contribution in [3.8, 4) is 0 Å². The van der Waals surface area contributed by atoms with Gasteiger partial charge in [0, 0.05) is 36.0 Å². The number of pyridine rings is 2. The van der Waals surface area contributed by atoms with Crippen molar-refractivity contribution in [2.75, 3.05) is 6.54 Å². The first-order valence-electron chi connectivity index (χ1n) is 7.03. The third-order valence-electron chi connectivity index (χ3n) is 3.45. The Kier molecular flexibility index (Phi) is 3.96. The van der Waals surface area contributed by atoms with Crippen molar-refractivity contribution in [3.05, 3.63) is 76.3 Å². The van der Waals surface area contributed by atoms with Crippen molar-refractivity contribution in [1.29, 1.82) is 0 Å². The summed E-state index contributed by atoms with van der Waals surface area (Å²) in [5, 5.41) is 3.28. The molecule has 0 bridgehead atoms. The van der Waals surface area contributed by atoms with E-state index in [1.54, 1.807) is 30.6 Å². The Balaban J connectivity index is 1.73. The number of hydrogen-bond donors (Lipinski definition) is 2. The lowest BCUT2D eigenvalue weighted by molar-refractivity contribution is 0.0953. The van der Waals surface area contributed by atoms with E-state index in [0.717, 1.165) is 11.1 Å². The minimum atomic E-state index is -0.365. The molecule has 3 rings (SSSR count). The summed E-state index contributed by atoms with van der Waals surface area (Å²) in [5.74, 6) is -0.365. The molecule has 22 heavy (non-hydrogen) atoms. The number of rotatable bonds is 4. The molecule has 1 amide bonds. The maximum atomic E-state index is 12.3. The number of hydrogen-bond acceptors (Lipinski definition) is 3. The number of nitrogens with one attached hydrogen (secondary N) is 2. The van der Waals surface area contributed by atoms with Crippen molar-refractivity contribution < 1.29 is 4.79 Å². The van der Waals surface area contributed by atoms with Gasteiger partial charge in [0.2, 0.25) is 5.43 Å². The highest BCUT2D eigenvalue weighted by Crippen LogP contribution is 2.07. The van der Waals surface area contributed by atoms with Crippen LogP contribution >= 0.6 is 0 Å². The van der Waals surface area contributed by atoms with Gasteiger partial charge in [-0.1, -0.05) is 18.2 Å². The van der Waals surface area contributed by atoms with Crippen LogP contribution in [0.5, 0.6) is 0 Å². The third-order valence-corrected chi connectivity index (χ3v) is 3.45. The van der Waals surface area contributed by atoms with Gasteiger partial charge in [-0.25, -0.2) is 0 Å². The number of para-hydroxylation sites is 1. The van der Waals surface area contributed by atoms with Gasteiger partial charge in [0.15, 0.2) is 0 Å². The Hall–Kier alpha value is -2.95. The summed E-state index contributed by atoms with van der Waals surface area (Å²) in [7, 11) is 0. The maximum absolute atomic E-state index is 12.3. The fourth-order valence-corrected chi connectivity index (χ4v) is 2.30. The van der Waals surface area contributed by atoms with Gasteiger partial charge >= 0.3 is 0 Å². The zero-order valence-corrected chi connectivity index (χ0v) is 11.9. The van der Waals surface area contributed by atoms with Gasteiger partial charge < -0.3 is 10.3 Å². The van der Waals surface area contributed by atoms with Crippen LogP contribution in [0, 0.1) is 0 Å². The second-order valence-electron chi connectivity index (χ2n) is 4.94. The number of H-pyrrole nitrogens is 1. The smallest absolute Gasteiger partial charge is 0.256 e. The fourth-order valence-electron chi connectivity index (χ4n) is 2.30. The van der Waals surface area contributed by atoms with E-state index in [2.05, 4.69) is 15.3 Å².